The molecule has 2 nitrogen and oxygen atoms in total. The van der Waals surface area contributed by atoms with Crippen LogP contribution in [0.15, 0.2) is 47.6 Å². The number of fused-ring (bicyclic) bond motifs is 1. The molecule has 0 aliphatic carbocycles. The molecule has 0 aliphatic rings. The fraction of sp³-hybridized carbons (Fsp3) is 0.0833. The van der Waals surface area contributed by atoms with E-state index in [1.54, 1.807) is 7.05 Å². The zero-order valence-electron chi connectivity index (χ0n) is 8.07. The van der Waals surface area contributed by atoms with E-state index in [1.165, 1.54) is 10.8 Å². The van der Waals surface area contributed by atoms with E-state index in [0.717, 1.165) is 5.56 Å². The molecule has 2 heteroatoms. The lowest BCUT2D eigenvalue weighted by Crippen LogP contribution is -1.94. The van der Waals surface area contributed by atoms with Crippen molar-refractivity contribution in [2.75, 3.05) is 7.05 Å². The second-order valence-corrected chi connectivity index (χ2v) is 3.09. The number of nitrogens with zero attached hydrogens (tertiary/aromatic N) is 1. The van der Waals surface area contributed by atoms with Crippen molar-refractivity contribution >= 4 is 17.0 Å². The van der Waals surface area contributed by atoms with Gasteiger partial charge in [-0.1, -0.05) is 36.4 Å². The fourth-order valence-corrected chi connectivity index (χ4v) is 1.43. The van der Waals surface area contributed by atoms with Gasteiger partial charge < -0.3 is 5.43 Å². The van der Waals surface area contributed by atoms with E-state index in [4.69, 9.17) is 0 Å². The average Bonchev–Trinajstić information content (AvgIpc) is 2.26. The fourth-order valence-electron chi connectivity index (χ4n) is 1.43. The van der Waals surface area contributed by atoms with Gasteiger partial charge in [0.1, 0.15) is 0 Å². The number of hydrazone groups is 1. The van der Waals surface area contributed by atoms with Gasteiger partial charge in [0, 0.05) is 7.05 Å². The molecule has 2 rings (SSSR count). The van der Waals surface area contributed by atoms with Gasteiger partial charge in [0.25, 0.3) is 0 Å². The van der Waals surface area contributed by atoms with Gasteiger partial charge in [0.2, 0.25) is 0 Å². The highest BCUT2D eigenvalue weighted by Crippen LogP contribution is 2.14. The first-order chi connectivity index (χ1) is 6.90. The summed E-state index contributed by atoms with van der Waals surface area (Å²) in [5, 5.41) is 6.48. The van der Waals surface area contributed by atoms with Gasteiger partial charge in [-0.3, -0.25) is 0 Å². The summed E-state index contributed by atoms with van der Waals surface area (Å²) < 4.78 is 0. The summed E-state index contributed by atoms with van der Waals surface area (Å²) in [4.78, 5) is 0. The van der Waals surface area contributed by atoms with E-state index in [2.05, 4.69) is 40.9 Å². The molecule has 0 aromatic heterocycles. The first kappa shape index (κ1) is 8.75. The third kappa shape index (κ3) is 1.74. The SMILES string of the molecule is CNN=Cc1ccc2ccccc2c1. The standard InChI is InChI=1S/C12H12N2/c1-13-14-9-10-6-7-11-4-2-3-5-12(11)8-10/h2-9,13H,1H3. The molecule has 0 bridgehead atoms. The molecule has 0 unspecified atom stereocenters. The van der Waals surface area contributed by atoms with Crippen LogP contribution in [0.2, 0.25) is 0 Å². The van der Waals surface area contributed by atoms with Crippen molar-refractivity contribution in [1.29, 1.82) is 0 Å². The van der Waals surface area contributed by atoms with Gasteiger partial charge in [0.15, 0.2) is 0 Å². The molecule has 0 heterocycles. The minimum absolute atomic E-state index is 1.11. The molecule has 2 aromatic rings. The summed E-state index contributed by atoms with van der Waals surface area (Å²) in [6.45, 7) is 0. The molecule has 70 valence electrons. The van der Waals surface area contributed by atoms with Crippen LogP contribution in [0, 0.1) is 0 Å². The highest BCUT2D eigenvalue weighted by atomic mass is 15.3. The molecule has 0 amide bonds. The molecule has 0 spiro atoms. The number of hydrogen-bond acceptors (Lipinski definition) is 2. The van der Waals surface area contributed by atoms with Crippen LogP contribution < -0.4 is 5.43 Å². The third-order valence-electron chi connectivity index (χ3n) is 2.12. The molecule has 0 atom stereocenters. The quantitative estimate of drug-likeness (QED) is 0.562. The van der Waals surface area contributed by atoms with E-state index < -0.39 is 0 Å². The van der Waals surface area contributed by atoms with Crippen LogP contribution in [0.25, 0.3) is 10.8 Å². The molecule has 0 aliphatic heterocycles. The first-order valence-corrected chi connectivity index (χ1v) is 4.59. The van der Waals surface area contributed by atoms with Gasteiger partial charge in [-0.25, -0.2) is 0 Å². The highest BCUT2D eigenvalue weighted by Gasteiger charge is 1.92. The van der Waals surface area contributed by atoms with Gasteiger partial charge in [0.05, 0.1) is 6.21 Å². The Kier molecular flexibility index (Phi) is 2.45. The van der Waals surface area contributed by atoms with Gasteiger partial charge in [-0.2, -0.15) is 5.10 Å². The van der Waals surface area contributed by atoms with Crippen molar-refractivity contribution in [3.8, 4) is 0 Å². The van der Waals surface area contributed by atoms with E-state index >= 15 is 0 Å². The summed E-state index contributed by atoms with van der Waals surface area (Å²) in [7, 11) is 1.79. The maximum atomic E-state index is 3.97. The normalized spacial score (nSPS) is 10.9. The average molecular weight is 184 g/mol. The lowest BCUT2D eigenvalue weighted by molar-refractivity contribution is 0.908. The van der Waals surface area contributed by atoms with Gasteiger partial charge >= 0.3 is 0 Å². The van der Waals surface area contributed by atoms with Crippen LogP contribution in [-0.2, 0) is 0 Å². The van der Waals surface area contributed by atoms with Crippen LogP contribution >= 0.6 is 0 Å². The second-order valence-electron chi connectivity index (χ2n) is 3.09. The molecule has 1 N–H and O–H groups in total. The van der Waals surface area contributed by atoms with Gasteiger partial charge in [-0.05, 0) is 22.4 Å². The summed E-state index contributed by atoms with van der Waals surface area (Å²) >= 11 is 0. The minimum atomic E-state index is 1.11. The van der Waals surface area contributed by atoms with Crippen LogP contribution in [0.4, 0.5) is 0 Å². The Hall–Kier alpha value is -1.83. The Labute approximate surface area is 83.3 Å². The van der Waals surface area contributed by atoms with Crippen molar-refractivity contribution in [3.63, 3.8) is 0 Å². The summed E-state index contributed by atoms with van der Waals surface area (Å²) in [5.41, 5.74) is 3.84. The summed E-state index contributed by atoms with van der Waals surface area (Å²) in [6.07, 6.45) is 1.81. The highest BCUT2D eigenvalue weighted by molar-refractivity contribution is 5.90. The Morgan fingerprint density at radius 1 is 1.07 bits per heavy atom. The Bertz CT molecular complexity index is 461. The Balaban J connectivity index is 2.46. The topological polar surface area (TPSA) is 24.4 Å². The smallest absolute Gasteiger partial charge is 0.0540 e. The predicted molar refractivity (Wildman–Crippen MR) is 60.6 cm³/mol. The monoisotopic (exact) mass is 184 g/mol. The van der Waals surface area contributed by atoms with Crippen molar-refractivity contribution in [2.24, 2.45) is 5.10 Å². The van der Waals surface area contributed by atoms with Gasteiger partial charge in [-0.15, -0.1) is 0 Å². The largest absolute Gasteiger partial charge is 0.313 e. The van der Waals surface area contributed by atoms with E-state index in [9.17, 15) is 0 Å². The van der Waals surface area contributed by atoms with Crippen LogP contribution in [0.3, 0.4) is 0 Å². The van der Waals surface area contributed by atoms with Crippen molar-refractivity contribution < 1.29 is 0 Å². The van der Waals surface area contributed by atoms with E-state index in [0.29, 0.717) is 0 Å². The maximum absolute atomic E-state index is 3.97. The molecule has 0 fully saturated rings. The van der Waals surface area contributed by atoms with E-state index in [1.807, 2.05) is 18.3 Å². The first-order valence-electron chi connectivity index (χ1n) is 4.59. The van der Waals surface area contributed by atoms with Crippen LogP contribution in [-0.4, -0.2) is 13.3 Å². The molecular weight excluding hydrogens is 172 g/mol. The van der Waals surface area contributed by atoms with Crippen molar-refractivity contribution in [2.45, 2.75) is 0 Å². The second kappa shape index (κ2) is 3.92. The van der Waals surface area contributed by atoms with E-state index in [-0.39, 0.29) is 0 Å². The molecule has 14 heavy (non-hydrogen) atoms. The number of benzene rings is 2. The van der Waals surface area contributed by atoms with Crippen LogP contribution in [0.5, 0.6) is 0 Å². The Morgan fingerprint density at radius 3 is 2.64 bits per heavy atom. The number of rotatable bonds is 2. The molecule has 0 saturated carbocycles. The third-order valence-corrected chi connectivity index (χ3v) is 2.12. The molecule has 2 aromatic carbocycles. The number of nitrogens with one attached hydrogen (secondary N) is 1. The summed E-state index contributed by atoms with van der Waals surface area (Å²) in [5.74, 6) is 0. The molecule has 0 radical (unpaired) electrons. The Morgan fingerprint density at radius 2 is 1.86 bits per heavy atom. The van der Waals surface area contributed by atoms with Crippen molar-refractivity contribution in [3.05, 3.63) is 48.0 Å². The van der Waals surface area contributed by atoms with Crippen LogP contribution in [0.1, 0.15) is 5.56 Å². The lowest BCUT2D eigenvalue weighted by atomic mass is 10.1. The molecular formula is C12H12N2. The number of hydrogen-bond donors (Lipinski definition) is 1. The van der Waals surface area contributed by atoms with Crippen molar-refractivity contribution in [1.82, 2.24) is 5.43 Å². The lowest BCUT2D eigenvalue weighted by Gasteiger charge is -1.98. The minimum Gasteiger partial charge on any atom is -0.313 e. The zero-order valence-corrected chi connectivity index (χ0v) is 8.07. The summed E-state index contributed by atoms with van der Waals surface area (Å²) in [6, 6.07) is 14.6. The predicted octanol–water partition coefficient (Wildman–Crippen LogP) is 2.39. The zero-order chi connectivity index (χ0) is 9.80. The molecule has 0 saturated heterocycles. The maximum Gasteiger partial charge on any atom is 0.0540 e.